The molecular weight excluding hydrogens is 268 g/mol. The number of nitrogens with two attached hydrogens (primary N) is 1. The fourth-order valence-electron chi connectivity index (χ4n) is 2.40. The summed E-state index contributed by atoms with van der Waals surface area (Å²) in [5.41, 5.74) is 5.75. The Morgan fingerprint density at radius 1 is 1.10 bits per heavy atom. The molecular formula is C15H22N4O2. The molecule has 1 aromatic heterocycles. The van der Waals surface area contributed by atoms with Crippen LogP contribution in [0.3, 0.4) is 0 Å². The molecule has 0 aliphatic heterocycles. The number of unbranched alkanes of at least 4 members (excludes halogenated alkanes) is 2. The molecule has 1 atom stereocenters. The third-order valence-electron chi connectivity index (χ3n) is 3.55. The number of aromatic amines is 2. The standard InChI is InChI=1S/C15H22N4O2/c1-10(5-3-2-4-8-16)17-11-6-7-12-13(9-11)15(21)19-18-14(12)20/h6-7,9-10,17H,2-5,8,16H2,1H3,(H,18,20)(H,19,21). The smallest absolute Gasteiger partial charge is 0.270 e. The second kappa shape index (κ2) is 7.08. The molecule has 0 fully saturated rings. The summed E-state index contributed by atoms with van der Waals surface area (Å²) in [4.78, 5) is 23.4. The van der Waals surface area contributed by atoms with E-state index in [1.165, 1.54) is 0 Å². The van der Waals surface area contributed by atoms with Crippen LogP contribution in [0.15, 0.2) is 27.8 Å². The van der Waals surface area contributed by atoms with Crippen LogP contribution in [0.2, 0.25) is 0 Å². The van der Waals surface area contributed by atoms with E-state index < -0.39 is 0 Å². The van der Waals surface area contributed by atoms with Crippen molar-refractivity contribution in [1.29, 1.82) is 0 Å². The molecule has 0 radical (unpaired) electrons. The van der Waals surface area contributed by atoms with E-state index in [0.717, 1.165) is 37.9 Å². The van der Waals surface area contributed by atoms with Crippen molar-refractivity contribution in [2.45, 2.75) is 38.6 Å². The zero-order valence-electron chi connectivity index (χ0n) is 12.2. The van der Waals surface area contributed by atoms with Gasteiger partial charge in [0, 0.05) is 11.7 Å². The molecule has 2 aromatic rings. The Labute approximate surface area is 122 Å². The number of fused-ring (bicyclic) bond motifs is 1. The van der Waals surface area contributed by atoms with Crippen LogP contribution in [0, 0.1) is 0 Å². The number of rotatable bonds is 7. The molecule has 0 saturated heterocycles. The third kappa shape index (κ3) is 3.95. The quantitative estimate of drug-likeness (QED) is 0.580. The Morgan fingerprint density at radius 2 is 1.81 bits per heavy atom. The highest BCUT2D eigenvalue weighted by Gasteiger charge is 2.06. The summed E-state index contributed by atoms with van der Waals surface area (Å²) in [6, 6.07) is 5.53. The van der Waals surface area contributed by atoms with Gasteiger partial charge in [-0.1, -0.05) is 12.8 Å². The van der Waals surface area contributed by atoms with Crippen LogP contribution in [0.1, 0.15) is 32.6 Å². The van der Waals surface area contributed by atoms with Crippen molar-refractivity contribution in [2.24, 2.45) is 5.73 Å². The Morgan fingerprint density at radius 3 is 2.52 bits per heavy atom. The Kier molecular flexibility index (Phi) is 5.16. The fourth-order valence-corrected chi connectivity index (χ4v) is 2.40. The maximum absolute atomic E-state index is 11.7. The van der Waals surface area contributed by atoms with E-state index in [1.54, 1.807) is 12.1 Å². The molecule has 5 N–H and O–H groups in total. The van der Waals surface area contributed by atoms with Crippen LogP contribution in [0.4, 0.5) is 5.69 Å². The van der Waals surface area contributed by atoms with Gasteiger partial charge in [0.05, 0.1) is 10.8 Å². The van der Waals surface area contributed by atoms with Crippen LogP contribution in [-0.4, -0.2) is 22.8 Å². The van der Waals surface area contributed by atoms with Gasteiger partial charge in [0.1, 0.15) is 0 Å². The fraction of sp³-hybridized carbons (Fsp3) is 0.467. The lowest BCUT2D eigenvalue weighted by molar-refractivity contribution is 0.603. The zero-order valence-corrected chi connectivity index (χ0v) is 12.2. The van der Waals surface area contributed by atoms with Crippen LogP contribution in [-0.2, 0) is 0 Å². The molecule has 0 saturated carbocycles. The first-order valence-electron chi connectivity index (χ1n) is 7.33. The maximum Gasteiger partial charge on any atom is 0.270 e. The lowest BCUT2D eigenvalue weighted by Crippen LogP contribution is -2.20. The first-order chi connectivity index (χ1) is 10.1. The summed E-state index contributed by atoms with van der Waals surface area (Å²) in [5, 5.41) is 8.82. The molecule has 21 heavy (non-hydrogen) atoms. The van der Waals surface area contributed by atoms with E-state index in [1.807, 2.05) is 6.07 Å². The van der Waals surface area contributed by atoms with Crippen LogP contribution in [0.5, 0.6) is 0 Å². The Bertz CT molecular complexity index is 705. The minimum atomic E-state index is -0.288. The number of nitrogens with one attached hydrogen (secondary N) is 3. The highest BCUT2D eigenvalue weighted by Crippen LogP contribution is 2.15. The number of H-pyrrole nitrogens is 2. The van der Waals surface area contributed by atoms with Gasteiger partial charge in [0.2, 0.25) is 0 Å². The van der Waals surface area contributed by atoms with Gasteiger partial charge in [-0.3, -0.25) is 19.8 Å². The number of aromatic nitrogens is 2. The molecule has 1 heterocycles. The Hall–Kier alpha value is -2.08. The van der Waals surface area contributed by atoms with Crippen molar-refractivity contribution >= 4 is 16.5 Å². The van der Waals surface area contributed by atoms with Gasteiger partial charge >= 0.3 is 0 Å². The lowest BCUT2D eigenvalue weighted by Gasteiger charge is -2.15. The highest BCUT2D eigenvalue weighted by atomic mass is 16.1. The average Bonchev–Trinajstić information content (AvgIpc) is 2.48. The van der Waals surface area contributed by atoms with E-state index in [-0.39, 0.29) is 11.1 Å². The van der Waals surface area contributed by atoms with Gasteiger partial charge in [-0.25, -0.2) is 0 Å². The number of benzene rings is 1. The van der Waals surface area contributed by atoms with E-state index >= 15 is 0 Å². The lowest BCUT2D eigenvalue weighted by atomic mass is 10.1. The highest BCUT2D eigenvalue weighted by molar-refractivity contribution is 5.83. The van der Waals surface area contributed by atoms with Crippen molar-refractivity contribution in [3.63, 3.8) is 0 Å². The number of hydrogen-bond donors (Lipinski definition) is 4. The molecule has 6 nitrogen and oxygen atoms in total. The molecule has 0 aliphatic carbocycles. The summed E-state index contributed by atoms with van der Waals surface area (Å²) in [6.07, 6.45) is 4.36. The summed E-state index contributed by atoms with van der Waals surface area (Å²) in [5.74, 6) is 0. The van der Waals surface area contributed by atoms with E-state index in [4.69, 9.17) is 5.73 Å². The largest absolute Gasteiger partial charge is 0.383 e. The number of hydrogen-bond acceptors (Lipinski definition) is 4. The van der Waals surface area contributed by atoms with Crippen molar-refractivity contribution in [1.82, 2.24) is 10.2 Å². The van der Waals surface area contributed by atoms with Gasteiger partial charge in [-0.2, -0.15) is 0 Å². The molecule has 1 aromatic carbocycles. The molecule has 0 amide bonds. The summed E-state index contributed by atoms with van der Waals surface area (Å²) in [7, 11) is 0. The minimum Gasteiger partial charge on any atom is -0.383 e. The van der Waals surface area contributed by atoms with Crippen molar-refractivity contribution < 1.29 is 0 Å². The van der Waals surface area contributed by atoms with Crippen LogP contribution in [0.25, 0.3) is 10.8 Å². The summed E-state index contributed by atoms with van der Waals surface area (Å²) in [6.45, 7) is 2.85. The van der Waals surface area contributed by atoms with Gasteiger partial charge in [0.25, 0.3) is 11.1 Å². The molecule has 114 valence electrons. The second-order valence-electron chi connectivity index (χ2n) is 5.35. The van der Waals surface area contributed by atoms with Crippen LogP contribution < -0.4 is 22.2 Å². The monoisotopic (exact) mass is 290 g/mol. The van der Waals surface area contributed by atoms with Gasteiger partial charge in [-0.15, -0.1) is 0 Å². The molecule has 2 rings (SSSR count). The normalized spacial score (nSPS) is 12.5. The van der Waals surface area contributed by atoms with E-state index in [9.17, 15) is 9.59 Å². The topological polar surface area (TPSA) is 104 Å². The zero-order chi connectivity index (χ0) is 15.2. The number of anilines is 1. The van der Waals surface area contributed by atoms with Crippen molar-refractivity contribution in [3.05, 3.63) is 38.9 Å². The first kappa shape index (κ1) is 15.3. The second-order valence-corrected chi connectivity index (χ2v) is 5.35. The van der Waals surface area contributed by atoms with E-state index in [2.05, 4.69) is 22.4 Å². The molecule has 1 unspecified atom stereocenters. The summed E-state index contributed by atoms with van der Waals surface area (Å²) < 4.78 is 0. The average molecular weight is 290 g/mol. The molecule has 0 spiro atoms. The first-order valence-corrected chi connectivity index (χ1v) is 7.33. The molecule has 0 aliphatic rings. The predicted octanol–water partition coefficient (Wildman–Crippen LogP) is 1.54. The molecule has 6 heteroatoms. The van der Waals surface area contributed by atoms with Crippen molar-refractivity contribution in [2.75, 3.05) is 11.9 Å². The van der Waals surface area contributed by atoms with E-state index in [0.29, 0.717) is 16.8 Å². The van der Waals surface area contributed by atoms with Crippen molar-refractivity contribution in [3.8, 4) is 0 Å². The van der Waals surface area contributed by atoms with Gasteiger partial charge < -0.3 is 11.1 Å². The van der Waals surface area contributed by atoms with Crippen LogP contribution >= 0.6 is 0 Å². The van der Waals surface area contributed by atoms with Gasteiger partial charge in [-0.05, 0) is 44.5 Å². The van der Waals surface area contributed by atoms with Gasteiger partial charge in [0.15, 0.2) is 0 Å². The SMILES string of the molecule is CC(CCCCCN)Nc1ccc2c(=O)[nH][nH]c(=O)c2c1. The predicted molar refractivity (Wildman–Crippen MR) is 85.8 cm³/mol. The maximum atomic E-state index is 11.7. The minimum absolute atomic E-state index is 0.286. The summed E-state index contributed by atoms with van der Waals surface area (Å²) >= 11 is 0. The molecule has 0 bridgehead atoms. The Balaban J connectivity index is 2.07. The third-order valence-corrected chi connectivity index (χ3v) is 3.55.